The number of aryl methyl sites for hydroxylation is 1. The number of hydrogen-bond acceptors (Lipinski definition) is 5. The quantitative estimate of drug-likeness (QED) is 0.886. The third kappa shape index (κ3) is 2.63. The van der Waals surface area contributed by atoms with E-state index in [2.05, 4.69) is 20.3 Å². The number of nitrogens with one attached hydrogen (secondary N) is 1. The van der Waals surface area contributed by atoms with Crippen LogP contribution in [0.25, 0.3) is 11.4 Å². The van der Waals surface area contributed by atoms with Crippen molar-refractivity contribution in [3.63, 3.8) is 0 Å². The molecule has 0 aliphatic heterocycles. The highest BCUT2D eigenvalue weighted by Gasteiger charge is 2.20. The molecule has 5 nitrogen and oxygen atoms in total. The minimum atomic E-state index is -0.399. The highest BCUT2D eigenvalue weighted by Crippen LogP contribution is 2.28. The lowest BCUT2D eigenvalue weighted by atomic mass is 10.2. The first-order valence-electron chi connectivity index (χ1n) is 6.96. The van der Waals surface area contributed by atoms with Crippen LogP contribution in [-0.2, 0) is 12.8 Å². The molecule has 1 aliphatic carbocycles. The summed E-state index contributed by atoms with van der Waals surface area (Å²) in [7, 11) is 0. The molecule has 1 atom stereocenters. The van der Waals surface area contributed by atoms with E-state index in [0.717, 1.165) is 36.3 Å². The lowest BCUT2D eigenvalue weighted by Crippen LogP contribution is -2.17. The zero-order chi connectivity index (χ0) is 13.9. The average molecular weight is 270 g/mol. The smallest absolute Gasteiger partial charge is 0.163 e. The normalized spacial score (nSPS) is 14.9. The van der Waals surface area contributed by atoms with Gasteiger partial charge in [0, 0.05) is 35.8 Å². The Labute approximate surface area is 118 Å². The fraction of sp³-hybridized carbons (Fsp3) is 0.400. The molecule has 2 heterocycles. The summed E-state index contributed by atoms with van der Waals surface area (Å²) in [6.07, 6.45) is 6.23. The van der Waals surface area contributed by atoms with Crippen molar-refractivity contribution in [1.82, 2.24) is 15.0 Å². The monoisotopic (exact) mass is 270 g/mol. The third-order valence-corrected chi connectivity index (χ3v) is 3.42. The Morgan fingerprint density at radius 1 is 1.35 bits per heavy atom. The number of aromatic nitrogens is 3. The van der Waals surface area contributed by atoms with Crippen LogP contribution in [0.15, 0.2) is 24.5 Å². The zero-order valence-electron chi connectivity index (χ0n) is 11.5. The Morgan fingerprint density at radius 3 is 3.00 bits per heavy atom. The van der Waals surface area contributed by atoms with E-state index in [-0.39, 0.29) is 0 Å². The second-order valence-corrected chi connectivity index (χ2v) is 5.15. The van der Waals surface area contributed by atoms with Gasteiger partial charge in [0.25, 0.3) is 0 Å². The number of hydrogen-bond donors (Lipinski definition) is 2. The van der Waals surface area contributed by atoms with Crippen LogP contribution in [0, 0.1) is 0 Å². The number of aliphatic hydroxyl groups excluding tert-OH is 1. The van der Waals surface area contributed by atoms with Gasteiger partial charge in [-0.15, -0.1) is 0 Å². The fourth-order valence-electron chi connectivity index (χ4n) is 2.45. The van der Waals surface area contributed by atoms with Crippen molar-refractivity contribution in [2.45, 2.75) is 32.3 Å². The van der Waals surface area contributed by atoms with Crippen molar-refractivity contribution >= 4 is 5.82 Å². The van der Waals surface area contributed by atoms with Crippen LogP contribution < -0.4 is 5.32 Å². The molecule has 1 aliphatic rings. The largest absolute Gasteiger partial charge is 0.392 e. The van der Waals surface area contributed by atoms with E-state index < -0.39 is 6.10 Å². The number of aliphatic hydroxyl groups is 1. The lowest BCUT2D eigenvalue weighted by molar-refractivity contribution is 0.208. The van der Waals surface area contributed by atoms with Crippen LogP contribution in [0.5, 0.6) is 0 Å². The van der Waals surface area contributed by atoms with Crippen LogP contribution in [0.3, 0.4) is 0 Å². The van der Waals surface area contributed by atoms with Gasteiger partial charge in [0.05, 0.1) is 6.10 Å². The molecule has 2 aromatic heterocycles. The minimum Gasteiger partial charge on any atom is -0.392 e. The van der Waals surface area contributed by atoms with Crippen molar-refractivity contribution in [3.8, 4) is 11.4 Å². The number of nitrogens with zero attached hydrogens (tertiary/aromatic N) is 3. The lowest BCUT2D eigenvalue weighted by Gasteiger charge is -2.13. The Kier molecular flexibility index (Phi) is 3.60. The first-order valence-corrected chi connectivity index (χ1v) is 6.96. The van der Waals surface area contributed by atoms with Crippen molar-refractivity contribution in [3.05, 3.63) is 35.8 Å². The fourth-order valence-corrected chi connectivity index (χ4v) is 2.45. The molecular weight excluding hydrogens is 252 g/mol. The number of anilines is 1. The van der Waals surface area contributed by atoms with E-state index in [4.69, 9.17) is 0 Å². The van der Waals surface area contributed by atoms with Gasteiger partial charge < -0.3 is 10.4 Å². The van der Waals surface area contributed by atoms with Crippen LogP contribution >= 0.6 is 0 Å². The van der Waals surface area contributed by atoms with Gasteiger partial charge in [-0.05, 0) is 38.3 Å². The standard InChI is InChI=1S/C15H18N4O/c1-10(20)8-17-15-12-5-2-6-13(12)18-14(19-15)11-4-3-7-16-9-11/h3-4,7,9-10,20H,2,5-6,8H2,1H3,(H,17,18,19)/t10-/m0/s1. The molecule has 0 aromatic carbocycles. The zero-order valence-corrected chi connectivity index (χ0v) is 11.5. The Bertz CT molecular complexity index is 598. The summed E-state index contributed by atoms with van der Waals surface area (Å²) in [5.74, 6) is 1.55. The van der Waals surface area contributed by atoms with E-state index in [1.54, 1.807) is 19.3 Å². The third-order valence-electron chi connectivity index (χ3n) is 3.42. The highest BCUT2D eigenvalue weighted by atomic mass is 16.3. The molecule has 2 aromatic rings. The Hall–Kier alpha value is -2.01. The van der Waals surface area contributed by atoms with Gasteiger partial charge in [0.1, 0.15) is 5.82 Å². The number of rotatable bonds is 4. The molecule has 20 heavy (non-hydrogen) atoms. The predicted octanol–water partition coefficient (Wildman–Crippen LogP) is 1.82. The topological polar surface area (TPSA) is 70.9 Å². The summed E-state index contributed by atoms with van der Waals surface area (Å²) in [5.41, 5.74) is 3.23. The molecule has 0 bridgehead atoms. The maximum Gasteiger partial charge on any atom is 0.163 e. The molecule has 3 rings (SSSR count). The van der Waals surface area contributed by atoms with Crippen molar-refractivity contribution in [2.75, 3.05) is 11.9 Å². The maximum atomic E-state index is 9.43. The van der Waals surface area contributed by atoms with Crippen LogP contribution in [-0.4, -0.2) is 32.7 Å². The second kappa shape index (κ2) is 5.54. The number of fused-ring (bicyclic) bond motifs is 1. The Balaban J connectivity index is 1.98. The van der Waals surface area contributed by atoms with Crippen LogP contribution in [0.1, 0.15) is 24.6 Å². The predicted molar refractivity (Wildman–Crippen MR) is 77.5 cm³/mol. The molecule has 0 fully saturated rings. The van der Waals surface area contributed by atoms with E-state index in [0.29, 0.717) is 12.4 Å². The Morgan fingerprint density at radius 2 is 2.25 bits per heavy atom. The first kappa shape index (κ1) is 13.0. The van der Waals surface area contributed by atoms with Crippen molar-refractivity contribution in [1.29, 1.82) is 0 Å². The molecule has 5 heteroatoms. The molecule has 0 amide bonds. The molecule has 0 saturated carbocycles. The molecule has 0 unspecified atom stereocenters. The SMILES string of the molecule is C[C@H](O)CNc1nc(-c2cccnc2)nc2c1CCC2. The molecule has 0 spiro atoms. The summed E-state index contributed by atoms with van der Waals surface area (Å²) in [5, 5.41) is 12.7. The van der Waals surface area contributed by atoms with Gasteiger partial charge in [-0.3, -0.25) is 4.98 Å². The van der Waals surface area contributed by atoms with Crippen LogP contribution in [0.2, 0.25) is 0 Å². The molecule has 0 saturated heterocycles. The second-order valence-electron chi connectivity index (χ2n) is 5.15. The molecule has 104 valence electrons. The summed E-state index contributed by atoms with van der Waals surface area (Å²) in [4.78, 5) is 13.4. The van der Waals surface area contributed by atoms with E-state index in [9.17, 15) is 5.11 Å². The molecule has 0 radical (unpaired) electrons. The van der Waals surface area contributed by atoms with Gasteiger partial charge in [0.2, 0.25) is 0 Å². The summed E-state index contributed by atoms with van der Waals surface area (Å²) < 4.78 is 0. The van der Waals surface area contributed by atoms with Gasteiger partial charge in [0.15, 0.2) is 5.82 Å². The highest BCUT2D eigenvalue weighted by molar-refractivity contribution is 5.59. The van der Waals surface area contributed by atoms with Gasteiger partial charge >= 0.3 is 0 Å². The van der Waals surface area contributed by atoms with E-state index >= 15 is 0 Å². The molecular formula is C15H18N4O. The van der Waals surface area contributed by atoms with Gasteiger partial charge in [-0.25, -0.2) is 9.97 Å². The average Bonchev–Trinajstić information content (AvgIpc) is 2.94. The summed E-state index contributed by atoms with van der Waals surface area (Å²) >= 11 is 0. The molecule has 2 N–H and O–H groups in total. The van der Waals surface area contributed by atoms with Crippen LogP contribution in [0.4, 0.5) is 5.82 Å². The van der Waals surface area contributed by atoms with Gasteiger partial charge in [-0.1, -0.05) is 0 Å². The van der Waals surface area contributed by atoms with E-state index in [1.165, 1.54) is 5.56 Å². The van der Waals surface area contributed by atoms with Crippen molar-refractivity contribution in [2.24, 2.45) is 0 Å². The summed E-state index contributed by atoms with van der Waals surface area (Å²) in [6.45, 7) is 2.26. The minimum absolute atomic E-state index is 0.399. The van der Waals surface area contributed by atoms with E-state index in [1.807, 2.05) is 12.1 Å². The summed E-state index contributed by atoms with van der Waals surface area (Å²) in [6, 6.07) is 3.84. The maximum absolute atomic E-state index is 9.43. The van der Waals surface area contributed by atoms with Crippen molar-refractivity contribution < 1.29 is 5.11 Å². The first-order chi connectivity index (χ1) is 9.74. The number of pyridine rings is 1. The van der Waals surface area contributed by atoms with Gasteiger partial charge in [-0.2, -0.15) is 0 Å².